The average molecular weight is 724 g/mol. The van der Waals surface area contributed by atoms with E-state index in [1.807, 2.05) is 40.0 Å². The number of urea groups is 1. The highest BCUT2D eigenvalue weighted by Gasteiger charge is 2.39. The van der Waals surface area contributed by atoms with Crippen molar-refractivity contribution in [3.63, 3.8) is 0 Å². The number of hydrogen-bond donors (Lipinski definition) is 3. The highest BCUT2D eigenvalue weighted by molar-refractivity contribution is 5.93. The van der Waals surface area contributed by atoms with Crippen molar-refractivity contribution in [3.8, 4) is 11.1 Å². The summed E-state index contributed by atoms with van der Waals surface area (Å²) in [7, 11) is 1.73. The first kappa shape index (κ1) is 34.3. The van der Waals surface area contributed by atoms with Crippen molar-refractivity contribution in [3.05, 3.63) is 83.1 Å². The molecule has 3 N–H and O–H groups in total. The van der Waals surface area contributed by atoms with Gasteiger partial charge in [-0.05, 0) is 68.7 Å². The van der Waals surface area contributed by atoms with Crippen molar-refractivity contribution in [2.24, 2.45) is 7.05 Å². The second-order valence-electron chi connectivity index (χ2n) is 14.3. The van der Waals surface area contributed by atoms with Gasteiger partial charge in [-0.15, -0.1) is 0 Å². The Kier molecular flexibility index (Phi) is 9.04. The fraction of sp³-hybridized carbons (Fsp3) is 0.432. The van der Waals surface area contributed by atoms with E-state index in [-0.39, 0.29) is 29.4 Å². The standard InChI is InChI=1S/C37H42FN11O4/c1-22-6-8-30(34(50)43-22)48-29-9-7-23(15-31(29)45(2)37(48)53)5-3-4-12-39-36(52)46-13-10-26(11-14-46)47-21-25(19-41-47)24-16-33-40-20-32(49(33)42-18-24)35(51)44-28-17-27(28)38/h7,9,15-16,18-21,26-28,30H,1,3-6,8,10-14,17H2,2H3,(H,39,52)(H,43,50)(H,44,51)/t27-,28+,30?/m0/s1. The molecule has 2 aliphatic heterocycles. The Morgan fingerprint density at radius 1 is 1.02 bits per heavy atom. The Bertz CT molecular complexity index is 2300. The molecule has 3 atom stereocenters. The van der Waals surface area contributed by atoms with Crippen molar-refractivity contribution in [2.75, 3.05) is 19.6 Å². The van der Waals surface area contributed by atoms with Crippen molar-refractivity contribution in [1.29, 1.82) is 0 Å². The molecule has 1 aliphatic carbocycles. The summed E-state index contributed by atoms with van der Waals surface area (Å²) >= 11 is 0. The van der Waals surface area contributed by atoms with E-state index < -0.39 is 24.2 Å². The minimum atomic E-state index is -0.988. The maximum absolute atomic E-state index is 13.2. The molecular formula is C37H42FN11O4. The van der Waals surface area contributed by atoms with Gasteiger partial charge in [0.1, 0.15) is 17.9 Å². The molecule has 1 aromatic carbocycles. The summed E-state index contributed by atoms with van der Waals surface area (Å²) < 4.78 is 19.8. The van der Waals surface area contributed by atoms with E-state index in [0.29, 0.717) is 50.2 Å². The Morgan fingerprint density at radius 3 is 2.58 bits per heavy atom. The number of aryl methyl sites for hydroxylation is 2. The maximum atomic E-state index is 13.2. The van der Waals surface area contributed by atoms with Gasteiger partial charge < -0.3 is 20.9 Å². The fourth-order valence-electron chi connectivity index (χ4n) is 7.40. The van der Waals surface area contributed by atoms with E-state index >= 15 is 0 Å². The number of amides is 4. The molecule has 4 amide bonds. The van der Waals surface area contributed by atoms with E-state index in [1.54, 1.807) is 28.6 Å². The number of nitrogens with zero attached hydrogens (tertiary/aromatic N) is 8. The third kappa shape index (κ3) is 6.80. The molecule has 2 saturated heterocycles. The van der Waals surface area contributed by atoms with Crippen molar-refractivity contribution in [2.45, 2.75) is 75.7 Å². The summed E-state index contributed by atoms with van der Waals surface area (Å²) in [5.74, 6) is -0.601. The van der Waals surface area contributed by atoms with Gasteiger partial charge in [-0.3, -0.25) is 23.4 Å². The third-order valence-corrected chi connectivity index (χ3v) is 10.6. The van der Waals surface area contributed by atoms with Crippen LogP contribution in [0.5, 0.6) is 0 Å². The lowest BCUT2D eigenvalue weighted by Crippen LogP contribution is -2.45. The topological polar surface area (TPSA) is 165 Å². The van der Waals surface area contributed by atoms with Crippen LogP contribution < -0.4 is 21.6 Å². The molecule has 0 bridgehead atoms. The number of halogens is 1. The number of hydrogen-bond acceptors (Lipinski definition) is 7. The van der Waals surface area contributed by atoms with Gasteiger partial charge in [-0.1, -0.05) is 12.6 Å². The molecule has 3 aliphatic rings. The normalized spacial score (nSPS) is 20.6. The summed E-state index contributed by atoms with van der Waals surface area (Å²) in [4.78, 5) is 57.3. The van der Waals surface area contributed by atoms with Gasteiger partial charge >= 0.3 is 11.7 Å². The van der Waals surface area contributed by atoms with E-state index in [0.717, 1.165) is 59.8 Å². The number of likely N-dealkylation sites (tertiary alicyclic amines) is 1. The SMILES string of the molecule is C=C1CCC(n2c(=O)n(C)c3cc(CCCCNC(=O)N4CCC(n5cc(-c6cnn7c(C(=O)N[C@@H]8C[C@@H]8F)cnc7c6)cn5)CC4)ccc32)C(=O)N1. The smallest absolute Gasteiger partial charge is 0.329 e. The van der Waals surface area contributed by atoms with Gasteiger partial charge in [-0.2, -0.15) is 10.2 Å². The van der Waals surface area contributed by atoms with Crippen LogP contribution in [0.2, 0.25) is 0 Å². The Morgan fingerprint density at radius 2 is 1.81 bits per heavy atom. The molecule has 1 saturated carbocycles. The van der Waals surface area contributed by atoms with Gasteiger partial charge in [0.2, 0.25) is 5.91 Å². The Balaban J connectivity index is 0.789. The number of benzene rings is 1. The van der Waals surface area contributed by atoms with Gasteiger partial charge in [0.05, 0.1) is 41.7 Å². The molecule has 3 fully saturated rings. The van der Waals surface area contributed by atoms with E-state index in [2.05, 4.69) is 37.7 Å². The lowest BCUT2D eigenvalue weighted by Gasteiger charge is -2.32. The summed E-state index contributed by atoms with van der Waals surface area (Å²) in [5, 5.41) is 17.5. The zero-order valence-electron chi connectivity index (χ0n) is 29.5. The molecule has 1 unspecified atom stereocenters. The number of allylic oxidation sites excluding steroid dienone is 1. The number of carbonyl (C=O) groups excluding carboxylic acids is 3. The van der Waals surface area contributed by atoms with E-state index in [4.69, 9.17) is 0 Å². The van der Waals surface area contributed by atoms with E-state index in [1.165, 1.54) is 10.7 Å². The number of nitrogens with one attached hydrogen (secondary N) is 3. The van der Waals surface area contributed by atoms with E-state index in [9.17, 15) is 23.6 Å². The molecular weight excluding hydrogens is 681 g/mol. The fourth-order valence-corrected chi connectivity index (χ4v) is 7.40. The number of imidazole rings is 2. The van der Waals surface area contributed by atoms with Crippen LogP contribution in [0.3, 0.4) is 0 Å². The predicted molar refractivity (Wildman–Crippen MR) is 194 cm³/mol. The molecule has 8 rings (SSSR count). The second-order valence-corrected chi connectivity index (χ2v) is 14.3. The monoisotopic (exact) mass is 723 g/mol. The first-order chi connectivity index (χ1) is 25.6. The lowest BCUT2D eigenvalue weighted by atomic mass is 10.0. The molecule has 53 heavy (non-hydrogen) atoms. The van der Waals surface area contributed by atoms with Crippen LogP contribution in [0.25, 0.3) is 27.8 Å². The third-order valence-electron chi connectivity index (χ3n) is 10.6. The van der Waals surface area contributed by atoms with Crippen LogP contribution in [-0.2, 0) is 18.3 Å². The molecule has 16 heteroatoms. The molecule has 4 aromatic heterocycles. The average Bonchev–Trinajstić information content (AvgIpc) is 3.48. The van der Waals surface area contributed by atoms with Crippen LogP contribution >= 0.6 is 0 Å². The number of aromatic nitrogens is 7. The minimum Gasteiger partial charge on any atom is -0.345 e. The predicted octanol–water partition coefficient (Wildman–Crippen LogP) is 3.42. The molecule has 5 aromatic rings. The number of carbonyl (C=O) groups is 3. The van der Waals surface area contributed by atoms with Crippen LogP contribution in [0.1, 0.15) is 73.1 Å². The first-order valence-corrected chi connectivity index (χ1v) is 18.2. The summed E-state index contributed by atoms with van der Waals surface area (Å²) in [5.41, 5.74) is 5.56. The minimum absolute atomic E-state index is 0.0635. The van der Waals surface area contributed by atoms with Gasteiger partial charge in [0.25, 0.3) is 5.91 Å². The van der Waals surface area contributed by atoms with Gasteiger partial charge in [0.15, 0.2) is 5.65 Å². The molecule has 0 spiro atoms. The first-order valence-electron chi connectivity index (χ1n) is 18.2. The quantitative estimate of drug-likeness (QED) is 0.186. The second kappa shape index (κ2) is 14.0. The van der Waals surface area contributed by atoms with Crippen molar-refractivity contribution >= 4 is 34.5 Å². The van der Waals surface area contributed by atoms with Crippen LogP contribution in [0.4, 0.5) is 9.18 Å². The Hall–Kier alpha value is -5.80. The zero-order valence-corrected chi connectivity index (χ0v) is 29.5. The molecule has 276 valence electrons. The summed E-state index contributed by atoms with van der Waals surface area (Å²) in [6.45, 7) is 5.65. The summed E-state index contributed by atoms with van der Waals surface area (Å²) in [6.07, 6.45) is 11.4. The summed E-state index contributed by atoms with van der Waals surface area (Å²) in [6, 6.07) is 6.89. The number of fused-ring (bicyclic) bond motifs is 2. The van der Waals surface area contributed by atoms with Crippen molar-refractivity contribution in [1.82, 2.24) is 54.4 Å². The van der Waals surface area contributed by atoms with Gasteiger partial charge in [0, 0.05) is 56.1 Å². The highest BCUT2D eigenvalue weighted by atomic mass is 19.1. The zero-order chi connectivity index (χ0) is 36.8. The molecule has 6 heterocycles. The Labute approximate surface area is 303 Å². The maximum Gasteiger partial charge on any atom is 0.329 e. The number of unbranched alkanes of at least 4 members (excludes halogenated alkanes) is 1. The van der Waals surface area contributed by atoms with Crippen LogP contribution in [0, 0.1) is 0 Å². The number of alkyl halides is 1. The molecule has 0 radical (unpaired) electrons. The lowest BCUT2D eigenvalue weighted by molar-refractivity contribution is -0.124. The molecule has 15 nitrogen and oxygen atoms in total. The van der Waals surface area contributed by atoms with Crippen molar-refractivity contribution < 1.29 is 18.8 Å². The van der Waals surface area contributed by atoms with Crippen LogP contribution in [-0.4, -0.2) is 88.1 Å². The number of piperidine rings is 2. The number of rotatable bonds is 10. The van der Waals surface area contributed by atoms with Gasteiger partial charge in [-0.25, -0.2) is 23.5 Å². The largest absolute Gasteiger partial charge is 0.345 e. The highest BCUT2D eigenvalue weighted by Crippen LogP contribution is 2.28. The van der Waals surface area contributed by atoms with Crippen LogP contribution in [0.15, 0.2) is 66.1 Å².